The first kappa shape index (κ1) is 18.0. The number of rotatable bonds is 2. The zero-order chi connectivity index (χ0) is 17.3. The molecule has 23 heavy (non-hydrogen) atoms. The molecule has 0 aromatic heterocycles. The van der Waals surface area contributed by atoms with Crippen molar-refractivity contribution in [2.24, 2.45) is 5.92 Å². The third-order valence-electron chi connectivity index (χ3n) is 4.19. The number of amides is 2. The van der Waals surface area contributed by atoms with Gasteiger partial charge in [-0.2, -0.15) is 0 Å². The minimum atomic E-state index is -3.01. The molecule has 2 amide bonds. The van der Waals surface area contributed by atoms with Crippen LogP contribution in [0, 0.1) is 5.92 Å². The van der Waals surface area contributed by atoms with Crippen molar-refractivity contribution in [3.8, 4) is 0 Å². The fourth-order valence-corrected chi connectivity index (χ4v) is 4.26. The molecule has 1 saturated carbocycles. The lowest BCUT2D eigenvalue weighted by atomic mass is 10.0. The molecule has 2 fully saturated rings. The van der Waals surface area contributed by atoms with Crippen LogP contribution < -0.4 is 5.32 Å². The molecular weight excluding hydrogens is 320 g/mol. The van der Waals surface area contributed by atoms with E-state index in [1.165, 1.54) is 0 Å². The van der Waals surface area contributed by atoms with Gasteiger partial charge in [-0.05, 0) is 33.6 Å². The first-order chi connectivity index (χ1) is 10.6. The summed E-state index contributed by atoms with van der Waals surface area (Å²) in [6.45, 7) is 5.86. The van der Waals surface area contributed by atoms with Gasteiger partial charge in [-0.1, -0.05) is 6.42 Å². The average Bonchev–Trinajstić information content (AvgIpc) is 2.83. The van der Waals surface area contributed by atoms with Gasteiger partial charge in [0.15, 0.2) is 9.84 Å². The normalized spacial score (nSPS) is 27.5. The standard InChI is InChI=1S/C15H26N2O5S/c1-15(2,3)22-14(19)16-12-6-4-5-11(12)13(18)17-7-9-23(20,21)10-8-17/h11-12H,4-10H2,1-3H3,(H,16,19)/t11-,12+/m0/s1. The van der Waals surface area contributed by atoms with Crippen LogP contribution in [0.4, 0.5) is 4.79 Å². The molecule has 1 N–H and O–H groups in total. The van der Waals surface area contributed by atoms with Crippen molar-refractivity contribution in [3.63, 3.8) is 0 Å². The lowest BCUT2D eigenvalue weighted by Gasteiger charge is -2.31. The molecule has 0 aromatic rings. The molecule has 2 atom stereocenters. The van der Waals surface area contributed by atoms with Gasteiger partial charge in [0.2, 0.25) is 5.91 Å². The van der Waals surface area contributed by atoms with Crippen molar-refractivity contribution < 1.29 is 22.7 Å². The van der Waals surface area contributed by atoms with E-state index < -0.39 is 21.5 Å². The second-order valence-electron chi connectivity index (χ2n) is 7.27. The van der Waals surface area contributed by atoms with E-state index in [0.717, 1.165) is 12.8 Å². The van der Waals surface area contributed by atoms with Crippen LogP contribution in [0.15, 0.2) is 0 Å². The second-order valence-corrected chi connectivity index (χ2v) is 9.57. The van der Waals surface area contributed by atoms with E-state index in [2.05, 4.69) is 5.32 Å². The van der Waals surface area contributed by atoms with Gasteiger partial charge in [-0.3, -0.25) is 4.79 Å². The number of nitrogens with one attached hydrogen (secondary N) is 1. The van der Waals surface area contributed by atoms with Crippen molar-refractivity contribution in [1.82, 2.24) is 10.2 Å². The van der Waals surface area contributed by atoms with Crippen LogP contribution in [-0.4, -0.2) is 61.6 Å². The Balaban J connectivity index is 1.93. The highest BCUT2D eigenvalue weighted by molar-refractivity contribution is 7.91. The number of sulfone groups is 1. The fraction of sp³-hybridized carbons (Fsp3) is 0.867. The molecule has 8 heteroatoms. The van der Waals surface area contributed by atoms with Gasteiger partial charge in [-0.15, -0.1) is 0 Å². The molecule has 0 bridgehead atoms. The second kappa shape index (κ2) is 6.67. The summed E-state index contributed by atoms with van der Waals surface area (Å²) < 4.78 is 28.2. The number of hydrogen-bond acceptors (Lipinski definition) is 5. The van der Waals surface area contributed by atoms with Crippen molar-refractivity contribution in [1.29, 1.82) is 0 Å². The molecule has 1 heterocycles. The summed E-state index contributed by atoms with van der Waals surface area (Å²) >= 11 is 0. The monoisotopic (exact) mass is 346 g/mol. The van der Waals surface area contributed by atoms with E-state index in [4.69, 9.17) is 4.74 Å². The van der Waals surface area contributed by atoms with Gasteiger partial charge in [0.05, 0.1) is 17.4 Å². The van der Waals surface area contributed by atoms with Crippen LogP contribution in [-0.2, 0) is 19.4 Å². The summed E-state index contributed by atoms with van der Waals surface area (Å²) in [5, 5.41) is 2.79. The predicted octanol–water partition coefficient (Wildman–Crippen LogP) is 0.937. The van der Waals surface area contributed by atoms with E-state index in [-0.39, 0.29) is 42.5 Å². The Morgan fingerprint density at radius 2 is 1.74 bits per heavy atom. The Morgan fingerprint density at radius 1 is 1.13 bits per heavy atom. The third-order valence-corrected chi connectivity index (χ3v) is 5.80. The summed E-state index contributed by atoms with van der Waals surface area (Å²) in [6, 6.07) is -0.240. The highest BCUT2D eigenvalue weighted by atomic mass is 32.2. The number of carbonyl (C=O) groups excluding carboxylic acids is 2. The van der Waals surface area contributed by atoms with E-state index in [1.54, 1.807) is 25.7 Å². The molecule has 7 nitrogen and oxygen atoms in total. The summed E-state index contributed by atoms with van der Waals surface area (Å²) in [7, 11) is -3.01. The fourth-order valence-electron chi connectivity index (χ4n) is 3.05. The number of carbonyl (C=O) groups is 2. The molecule has 1 saturated heterocycles. The van der Waals surface area contributed by atoms with Crippen LogP contribution in [0.5, 0.6) is 0 Å². The zero-order valence-corrected chi connectivity index (χ0v) is 14.8. The molecule has 2 aliphatic rings. The first-order valence-electron chi connectivity index (χ1n) is 8.06. The van der Waals surface area contributed by atoms with Gasteiger partial charge in [0.1, 0.15) is 5.60 Å². The van der Waals surface area contributed by atoms with Gasteiger partial charge in [0.25, 0.3) is 0 Å². The maximum Gasteiger partial charge on any atom is 0.407 e. The van der Waals surface area contributed by atoms with E-state index in [1.807, 2.05) is 0 Å². The SMILES string of the molecule is CC(C)(C)OC(=O)N[C@@H]1CCC[C@@H]1C(=O)N1CCS(=O)(=O)CC1. The highest BCUT2D eigenvalue weighted by Crippen LogP contribution is 2.28. The number of hydrogen-bond donors (Lipinski definition) is 1. The van der Waals surface area contributed by atoms with Crippen LogP contribution in [0.25, 0.3) is 0 Å². The zero-order valence-electron chi connectivity index (χ0n) is 14.0. The van der Waals surface area contributed by atoms with Gasteiger partial charge in [-0.25, -0.2) is 13.2 Å². The van der Waals surface area contributed by atoms with Crippen LogP contribution in [0.3, 0.4) is 0 Å². The molecule has 2 rings (SSSR count). The maximum absolute atomic E-state index is 12.6. The molecule has 0 spiro atoms. The van der Waals surface area contributed by atoms with Crippen molar-refractivity contribution in [3.05, 3.63) is 0 Å². The first-order valence-corrected chi connectivity index (χ1v) is 9.88. The van der Waals surface area contributed by atoms with Crippen molar-refractivity contribution in [2.45, 2.75) is 51.7 Å². The maximum atomic E-state index is 12.6. The molecule has 0 radical (unpaired) electrons. The average molecular weight is 346 g/mol. The molecule has 1 aliphatic carbocycles. The number of alkyl carbamates (subject to hydrolysis) is 1. The van der Waals surface area contributed by atoms with Crippen LogP contribution in [0.2, 0.25) is 0 Å². The Morgan fingerprint density at radius 3 is 2.30 bits per heavy atom. The summed E-state index contributed by atoms with van der Waals surface area (Å²) in [6.07, 6.45) is 1.80. The third kappa shape index (κ3) is 5.09. The van der Waals surface area contributed by atoms with Gasteiger partial charge in [0, 0.05) is 19.1 Å². The minimum Gasteiger partial charge on any atom is -0.444 e. The minimum absolute atomic E-state index is 0.0234. The van der Waals surface area contributed by atoms with Crippen LogP contribution >= 0.6 is 0 Å². The van der Waals surface area contributed by atoms with E-state index in [9.17, 15) is 18.0 Å². The molecule has 132 valence electrons. The van der Waals surface area contributed by atoms with Crippen molar-refractivity contribution in [2.75, 3.05) is 24.6 Å². The van der Waals surface area contributed by atoms with Gasteiger partial charge < -0.3 is 15.0 Å². The number of nitrogens with zero attached hydrogens (tertiary/aromatic N) is 1. The van der Waals surface area contributed by atoms with E-state index >= 15 is 0 Å². The molecule has 0 unspecified atom stereocenters. The quantitative estimate of drug-likeness (QED) is 0.803. The van der Waals surface area contributed by atoms with Gasteiger partial charge >= 0.3 is 6.09 Å². The van der Waals surface area contributed by atoms with Crippen LogP contribution in [0.1, 0.15) is 40.0 Å². The van der Waals surface area contributed by atoms with Crippen molar-refractivity contribution >= 4 is 21.8 Å². The lowest BCUT2D eigenvalue weighted by molar-refractivity contribution is -0.135. The Hall–Kier alpha value is -1.31. The predicted molar refractivity (Wildman–Crippen MR) is 85.7 cm³/mol. The smallest absolute Gasteiger partial charge is 0.407 e. The van der Waals surface area contributed by atoms with E-state index in [0.29, 0.717) is 6.42 Å². The molecule has 0 aromatic carbocycles. The summed E-state index contributed by atoms with van der Waals surface area (Å²) in [4.78, 5) is 26.1. The topological polar surface area (TPSA) is 92.8 Å². The highest BCUT2D eigenvalue weighted by Gasteiger charge is 2.38. The summed E-state index contributed by atoms with van der Waals surface area (Å²) in [5.74, 6) is -0.299. The summed E-state index contributed by atoms with van der Waals surface area (Å²) in [5.41, 5.74) is -0.580. The lowest BCUT2D eigenvalue weighted by Crippen LogP contribution is -2.50. The molecular formula is C15H26N2O5S. The largest absolute Gasteiger partial charge is 0.444 e. The Bertz CT molecular complexity index is 553. The Kier molecular flexibility index (Phi) is 5.23. The number of ether oxygens (including phenoxy) is 1. The Labute approximate surface area is 137 Å². The molecule has 1 aliphatic heterocycles.